The van der Waals surface area contributed by atoms with E-state index < -0.39 is 0 Å². The van der Waals surface area contributed by atoms with Gasteiger partial charge < -0.3 is 5.73 Å². The minimum Gasteiger partial charge on any atom is -0.329 e. The SMILES string of the molecule is C#CCNC(CN)c1cc(Br)c(C)s1. The van der Waals surface area contributed by atoms with Crippen LogP contribution in [0.25, 0.3) is 0 Å². The summed E-state index contributed by atoms with van der Waals surface area (Å²) in [7, 11) is 0. The second kappa shape index (κ2) is 5.52. The predicted molar refractivity (Wildman–Crippen MR) is 65.4 cm³/mol. The van der Waals surface area contributed by atoms with Gasteiger partial charge in [0.1, 0.15) is 0 Å². The van der Waals surface area contributed by atoms with Crippen LogP contribution >= 0.6 is 27.3 Å². The molecule has 0 amide bonds. The molecule has 4 heteroatoms. The molecule has 0 aliphatic carbocycles. The maximum Gasteiger partial charge on any atom is 0.0579 e. The van der Waals surface area contributed by atoms with Gasteiger partial charge in [0.05, 0.1) is 12.6 Å². The Kier molecular flexibility index (Phi) is 4.63. The molecule has 1 heterocycles. The minimum absolute atomic E-state index is 0.168. The summed E-state index contributed by atoms with van der Waals surface area (Å²) in [6, 6.07) is 2.27. The first-order valence-corrected chi connectivity index (χ1v) is 5.92. The van der Waals surface area contributed by atoms with Gasteiger partial charge in [-0.2, -0.15) is 0 Å². The first kappa shape index (κ1) is 11.7. The predicted octanol–water partition coefficient (Wildman–Crippen LogP) is 2.04. The van der Waals surface area contributed by atoms with Crippen molar-refractivity contribution < 1.29 is 0 Å². The van der Waals surface area contributed by atoms with E-state index in [0.717, 1.165) is 4.47 Å². The van der Waals surface area contributed by atoms with Crippen molar-refractivity contribution >= 4 is 27.3 Å². The summed E-state index contributed by atoms with van der Waals surface area (Å²) in [4.78, 5) is 2.49. The third-order valence-electron chi connectivity index (χ3n) is 1.91. The zero-order valence-electron chi connectivity index (χ0n) is 8.01. The lowest BCUT2D eigenvalue weighted by molar-refractivity contribution is 0.591. The molecule has 1 unspecified atom stereocenters. The average Bonchev–Trinajstić information content (AvgIpc) is 2.48. The summed E-state index contributed by atoms with van der Waals surface area (Å²) in [5.74, 6) is 2.55. The fraction of sp³-hybridized carbons (Fsp3) is 0.400. The number of thiophene rings is 1. The summed E-state index contributed by atoms with van der Waals surface area (Å²) >= 11 is 5.22. The fourth-order valence-electron chi connectivity index (χ4n) is 1.14. The van der Waals surface area contributed by atoms with E-state index in [2.05, 4.69) is 40.2 Å². The van der Waals surface area contributed by atoms with Gasteiger partial charge in [-0.3, -0.25) is 5.32 Å². The highest BCUT2D eigenvalue weighted by Crippen LogP contribution is 2.30. The van der Waals surface area contributed by atoms with Crippen LogP contribution in [0.5, 0.6) is 0 Å². The lowest BCUT2D eigenvalue weighted by Crippen LogP contribution is -2.27. The van der Waals surface area contributed by atoms with E-state index in [1.807, 2.05) is 0 Å². The van der Waals surface area contributed by atoms with Crippen LogP contribution < -0.4 is 11.1 Å². The van der Waals surface area contributed by atoms with Crippen LogP contribution in [0.2, 0.25) is 0 Å². The summed E-state index contributed by atoms with van der Waals surface area (Å²) in [5.41, 5.74) is 5.67. The quantitative estimate of drug-likeness (QED) is 0.824. The van der Waals surface area contributed by atoms with Crippen LogP contribution in [-0.4, -0.2) is 13.1 Å². The van der Waals surface area contributed by atoms with Crippen molar-refractivity contribution in [2.45, 2.75) is 13.0 Å². The average molecular weight is 273 g/mol. The van der Waals surface area contributed by atoms with E-state index >= 15 is 0 Å². The molecule has 0 bridgehead atoms. The van der Waals surface area contributed by atoms with Crippen molar-refractivity contribution in [2.75, 3.05) is 13.1 Å². The molecule has 0 aromatic carbocycles. The molecular formula is C10H13BrN2S. The number of terminal acetylenes is 1. The molecule has 0 aliphatic heterocycles. The molecule has 1 aromatic rings. The van der Waals surface area contributed by atoms with E-state index in [-0.39, 0.29) is 6.04 Å². The van der Waals surface area contributed by atoms with Crippen LogP contribution in [0.4, 0.5) is 0 Å². The smallest absolute Gasteiger partial charge is 0.0579 e. The van der Waals surface area contributed by atoms with Crippen LogP contribution in [-0.2, 0) is 0 Å². The Morgan fingerprint density at radius 3 is 2.93 bits per heavy atom. The van der Waals surface area contributed by atoms with E-state index in [9.17, 15) is 0 Å². The highest BCUT2D eigenvalue weighted by Gasteiger charge is 2.12. The third kappa shape index (κ3) is 2.82. The topological polar surface area (TPSA) is 38.0 Å². The number of hydrogen-bond donors (Lipinski definition) is 2. The molecule has 0 radical (unpaired) electrons. The van der Waals surface area contributed by atoms with Gasteiger partial charge in [-0.15, -0.1) is 17.8 Å². The van der Waals surface area contributed by atoms with E-state index in [1.54, 1.807) is 11.3 Å². The molecule has 76 valence electrons. The van der Waals surface area contributed by atoms with E-state index in [4.69, 9.17) is 12.2 Å². The van der Waals surface area contributed by atoms with Crippen molar-refractivity contribution in [3.63, 3.8) is 0 Å². The monoisotopic (exact) mass is 272 g/mol. The first-order chi connectivity index (χ1) is 6.69. The maximum atomic E-state index is 5.67. The Hall–Kier alpha value is -0.340. The number of rotatable bonds is 4. The molecule has 0 fully saturated rings. The molecule has 1 aromatic heterocycles. The highest BCUT2D eigenvalue weighted by molar-refractivity contribution is 9.10. The molecule has 3 N–H and O–H groups in total. The van der Waals surface area contributed by atoms with Crippen molar-refractivity contribution in [3.8, 4) is 12.3 Å². The zero-order chi connectivity index (χ0) is 10.6. The zero-order valence-corrected chi connectivity index (χ0v) is 10.4. The van der Waals surface area contributed by atoms with E-state index in [1.165, 1.54) is 9.75 Å². The summed E-state index contributed by atoms with van der Waals surface area (Å²) in [6.45, 7) is 3.19. The van der Waals surface area contributed by atoms with Gasteiger partial charge in [0.2, 0.25) is 0 Å². The Labute approximate surface area is 97.0 Å². The van der Waals surface area contributed by atoms with Crippen LogP contribution in [0.15, 0.2) is 10.5 Å². The molecule has 1 atom stereocenters. The minimum atomic E-state index is 0.168. The Balaban J connectivity index is 2.74. The standard InChI is InChI=1S/C10H13BrN2S/c1-3-4-13-9(6-12)10-5-8(11)7(2)14-10/h1,5,9,13H,4,6,12H2,2H3. The van der Waals surface area contributed by atoms with Gasteiger partial charge in [0.15, 0.2) is 0 Å². The fourth-order valence-corrected chi connectivity index (χ4v) is 2.78. The number of nitrogens with one attached hydrogen (secondary N) is 1. The Morgan fingerprint density at radius 1 is 1.79 bits per heavy atom. The first-order valence-electron chi connectivity index (χ1n) is 4.31. The van der Waals surface area contributed by atoms with Gasteiger partial charge in [0, 0.05) is 20.8 Å². The van der Waals surface area contributed by atoms with E-state index in [0.29, 0.717) is 13.1 Å². The van der Waals surface area contributed by atoms with Crippen LogP contribution in [0.1, 0.15) is 15.8 Å². The lowest BCUT2D eigenvalue weighted by Gasteiger charge is -2.12. The van der Waals surface area contributed by atoms with Gasteiger partial charge in [-0.1, -0.05) is 5.92 Å². The third-order valence-corrected chi connectivity index (χ3v) is 4.16. The Morgan fingerprint density at radius 2 is 2.50 bits per heavy atom. The van der Waals surface area contributed by atoms with Gasteiger partial charge >= 0.3 is 0 Å². The van der Waals surface area contributed by atoms with Crippen molar-refractivity contribution in [1.29, 1.82) is 0 Å². The molecular weight excluding hydrogens is 260 g/mol. The Bertz CT molecular complexity index is 321. The number of aryl methyl sites for hydroxylation is 1. The molecule has 14 heavy (non-hydrogen) atoms. The highest BCUT2D eigenvalue weighted by atomic mass is 79.9. The molecule has 0 saturated heterocycles. The summed E-state index contributed by atoms with van der Waals surface area (Å²) < 4.78 is 1.14. The van der Waals surface area contributed by atoms with Gasteiger partial charge in [0.25, 0.3) is 0 Å². The largest absolute Gasteiger partial charge is 0.329 e. The molecule has 1 rings (SSSR count). The number of nitrogens with two attached hydrogens (primary N) is 1. The normalized spacial score (nSPS) is 12.4. The maximum absolute atomic E-state index is 5.67. The van der Waals surface area contributed by atoms with Crippen molar-refractivity contribution in [1.82, 2.24) is 5.32 Å². The molecule has 0 saturated carbocycles. The van der Waals surface area contributed by atoms with Crippen LogP contribution in [0.3, 0.4) is 0 Å². The second-order valence-electron chi connectivity index (χ2n) is 2.93. The van der Waals surface area contributed by atoms with Crippen LogP contribution in [0, 0.1) is 19.3 Å². The van der Waals surface area contributed by atoms with Gasteiger partial charge in [-0.25, -0.2) is 0 Å². The lowest BCUT2D eigenvalue weighted by atomic mass is 10.2. The number of halogens is 1. The molecule has 0 aliphatic rings. The van der Waals surface area contributed by atoms with Crippen molar-refractivity contribution in [3.05, 3.63) is 20.3 Å². The van der Waals surface area contributed by atoms with Crippen molar-refractivity contribution in [2.24, 2.45) is 5.73 Å². The summed E-state index contributed by atoms with van der Waals surface area (Å²) in [5, 5.41) is 3.20. The summed E-state index contributed by atoms with van der Waals surface area (Å²) in [6.07, 6.45) is 5.19. The second-order valence-corrected chi connectivity index (χ2v) is 5.07. The number of hydrogen-bond acceptors (Lipinski definition) is 3. The molecule has 0 spiro atoms. The molecule has 2 nitrogen and oxygen atoms in total. The van der Waals surface area contributed by atoms with Gasteiger partial charge in [-0.05, 0) is 28.9 Å².